The van der Waals surface area contributed by atoms with E-state index in [4.69, 9.17) is 5.73 Å². The van der Waals surface area contributed by atoms with Gasteiger partial charge in [-0.2, -0.15) is 5.10 Å². The van der Waals surface area contributed by atoms with Gasteiger partial charge in [-0.15, -0.1) is 12.4 Å². The smallest absolute Gasteiger partial charge is 0.239 e. The zero-order chi connectivity index (χ0) is 16.2. The standard InChI is InChI=1S/C14H25N5O2.ClH/c1-8(2)13(15)14(21)16-7-12(20)18-9(3)11-6-17-19(5)10(11)4;/h6,8-9,13H,7,15H2,1-5H3,(H,16,21)(H,18,20);1H/t9?,13-;/m0./s1. The van der Waals surface area contributed by atoms with E-state index in [9.17, 15) is 9.59 Å². The van der Waals surface area contributed by atoms with E-state index in [2.05, 4.69) is 15.7 Å². The molecule has 0 radical (unpaired) electrons. The minimum atomic E-state index is -0.601. The first kappa shape index (κ1) is 20.4. The van der Waals surface area contributed by atoms with Crippen molar-refractivity contribution in [2.24, 2.45) is 18.7 Å². The number of aromatic nitrogens is 2. The highest BCUT2D eigenvalue weighted by Gasteiger charge is 2.19. The number of hydrogen-bond donors (Lipinski definition) is 3. The van der Waals surface area contributed by atoms with Gasteiger partial charge in [0, 0.05) is 18.3 Å². The predicted octanol–water partition coefficient (Wildman–Crippen LogP) is 0.427. The third-order valence-corrected chi connectivity index (χ3v) is 3.56. The van der Waals surface area contributed by atoms with Crippen molar-refractivity contribution in [2.45, 2.75) is 39.8 Å². The van der Waals surface area contributed by atoms with Gasteiger partial charge < -0.3 is 16.4 Å². The molecular formula is C14H26ClN5O2. The molecule has 126 valence electrons. The summed E-state index contributed by atoms with van der Waals surface area (Å²) in [6, 6.07) is -0.766. The van der Waals surface area contributed by atoms with Gasteiger partial charge in [0.1, 0.15) is 0 Å². The lowest BCUT2D eigenvalue weighted by atomic mass is 10.1. The molecule has 0 spiro atoms. The van der Waals surface area contributed by atoms with Crippen LogP contribution in [0.1, 0.15) is 38.1 Å². The van der Waals surface area contributed by atoms with Gasteiger partial charge in [-0.1, -0.05) is 13.8 Å². The molecular weight excluding hydrogens is 306 g/mol. The zero-order valence-electron chi connectivity index (χ0n) is 13.7. The number of rotatable bonds is 6. The average Bonchev–Trinajstić information content (AvgIpc) is 2.75. The molecule has 1 aromatic heterocycles. The van der Waals surface area contributed by atoms with Crippen LogP contribution in [0.15, 0.2) is 6.20 Å². The third-order valence-electron chi connectivity index (χ3n) is 3.56. The second kappa shape index (κ2) is 8.75. The summed E-state index contributed by atoms with van der Waals surface area (Å²) in [6.45, 7) is 7.45. The fourth-order valence-electron chi connectivity index (χ4n) is 1.90. The van der Waals surface area contributed by atoms with Crippen molar-refractivity contribution >= 4 is 24.2 Å². The molecule has 0 aromatic carbocycles. The Kier molecular flexibility index (Phi) is 8.11. The molecule has 0 bridgehead atoms. The molecule has 22 heavy (non-hydrogen) atoms. The summed E-state index contributed by atoms with van der Waals surface area (Å²) in [4.78, 5) is 23.5. The summed E-state index contributed by atoms with van der Waals surface area (Å²) < 4.78 is 1.75. The summed E-state index contributed by atoms with van der Waals surface area (Å²) >= 11 is 0. The maximum atomic E-state index is 11.8. The first-order valence-corrected chi connectivity index (χ1v) is 7.05. The van der Waals surface area contributed by atoms with E-state index in [-0.39, 0.29) is 42.7 Å². The maximum absolute atomic E-state index is 11.8. The highest BCUT2D eigenvalue weighted by molar-refractivity contribution is 5.87. The lowest BCUT2D eigenvalue weighted by Gasteiger charge is -2.17. The third kappa shape index (κ3) is 5.31. The molecule has 1 rings (SSSR count). The van der Waals surface area contributed by atoms with E-state index >= 15 is 0 Å². The van der Waals surface area contributed by atoms with E-state index in [0.717, 1.165) is 11.3 Å². The van der Waals surface area contributed by atoms with Crippen LogP contribution in [-0.4, -0.2) is 34.2 Å². The molecule has 8 heteroatoms. The van der Waals surface area contributed by atoms with Gasteiger partial charge in [0.25, 0.3) is 0 Å². The summed E-state index contributed by atoms with van der Waals surface area (Å²) in [5.41, 5.74) is 7.66. The number of nitrogens with one attached hydrogen (secondary N) is 2. The fraction of sp³-hybridized carbons (Fsp3) is 0.643. The Hall–Kier alpha value is -1.60. The molecule has 1 heterocycles. The van der Waals surface area contributed by atoms with E-state index in [0.29, 0.717) is 0 Å². The highest BCUT2D eigenvalue weighted by Crippen LogP contribution is 2.15. The van der Waals surface area contributed by atoms with Crippen LogP contribution in [-0.2, 0) is 16.6 Å². The van der Waals surface area contributed by atoms with Crippen LogP contribution >= 0.6 is 12.4 Å². The van der Waals surface area contributed by atoms with Gasteiger partial charge in [0.05, 0.1) is 24.8 Å². The molecule has 0 aliphatic heterocycles. The van der Waals surface area contributed by atoms with Gasteiger partial charge in [-0.3, -0.25) is 14.3 Å². The second-order valence-electron chi connectivity index (χ2n) is 5.59. The lowest BCUT2D eigenvalue weighted by Crippen LogP contribution is -2.47. The van der Waals surface area contributed by atoms with Crippen molar-refractivity contribution in [2.75, 3.05) is 6.54 Å². The molecule has 0 saturated heterocycles. The first-order chi connectivity index (χ1) is 9.73. The van der Waals surface area contributed by atoms with E-state index in [1.54, 1.807) is 10.9 Å². The summed E-state index contributed by atoms with van der Waals surface area (Å²) in [6.07, 6.45) is 1.73. The van der Waals surface area contributed by atoms with Crippen LogP contribution in [0.5, 0.6) is 0 Å². The summed E-state index contributed by atoms with van der Waals surface area (Å²) in [5, 5.41) is 9.51. The van der Waals surface area contributed by atoms with Crippen molar-refractivity contribution in [1.29, 1.82) is 0 Å². The Morgan fingerprint density at radius 2 is 1.95 bits per heavy atom. The van der Waals surface area contributed by atoms with Crippen LogP contribution < -0.4 is 16.4 Å². The maximum Gasteiger partial charge on any atom is 0.239 e. The highest BCUT2D eigenvalue weighted by atomic mass is 35.5. The predicted molar refractivity (Wildman–Crippen MR) is 87.6 cm³/mol. The van der Waals surface area contributed by atoms with Crippen LogP contribution in [0.4, 0.5) is 0 Å². The summed E-state index contributed by atoms with van der Waals surface area (Å²) in [5.74, 6) is -0.537. The molecule has 7 nitrogen and oxygen atoms in total. The fourth-order valence-corrected chi connectivity index (χ4v) is 1.90. The number of halogens is 1. The second-order valence-corrected chi connectivity index (χ2v) is 5.59. The van der Waals surface area contributed by atoms with E-state index in [1.807, 2.05) is 34.7 Å². The Morgan fingerprint density at radius 1 is 1.36 bits per heavy atom. The van der Waals surface area contributed by atoms with E-state index < -0.39 is 6.04 Å². The molecule has 0 aliphatic carbocycles. The Morgan fingerprint density at radius 3 is 2.41 bits per heavy atom. The molecule has 0 saturated carbocycles. The number of nitrogens with zero attached hydrogens (tertiary/aromatic N) is 2. The largest absolute Gasteiger partial charge is 0.348 e. The van der Waals surface area contributed by atoms with Crippen molar-refractivity contribution in [1.82, 2.24) is 20.4 Å². The number of amides is 2. The number of aryl methyl sites for hydroxylation is 1. The molecule has 1 aromatic rings. The van der Waals surface area contributed by atoms with Crippen LogP contribution in [0.2, 0.25) is 0 Å². The number of hydrogen-bond acceptors (Lipinski definition) is 4. The monoisotopic (exact) mass is 331 g/mol. The van der Waals surface area contributed by atoms with E-state index in [1.165, 1.54) is 0 Å². The number of nitrogens with two attached hydrogens (primary N) is 1. The van der Waals surface area contributed by atoms with Gasteiger partial charge in [-0.25, -0.2) is 0 Å². The van der Waals surface area contributed by atoms with Gasteiger partial charge in [0.15, 0.2) is 0 Å². The van der Waals surface area contributed by atoms with Crippen molar-refractivity contribution in [3.05, 3.63) is 17.5 Å². The number of carbonyl (C=O) groups is 2. The van der Waals surface area contributed by atoms with Gasteiger partial charge >= 0.3 is 0 Å². The minimum Gasteiger partial charge on any atom is -0.348 e. The van der Waals surface area contributed by atoms with Gasteiger partial charge in [-0.05, 0) is 19.8 Å². The van der Waals surface area contributed by atoms with Crippen LogP contribution in [0.25, 0.3) is 0 Å². The molecule has 0 aliphatic rings. The van der Waals surface area contributed by atoms with Crippen molar-refractivity contribution in [3.63, 3.8) is 0 Å². The topological polar surface area (TPSA) is 102 Å². The Balaban J connectivity index is 0.00000441. The van der Waals surface area contributed by atoms with Crippen molar-refractivity contribution < 1.29 is 9.59 Å². The van der Waals surface area contributed by atoms with Crippen molar-refractivity contribution in [3.8, 4) is 0 Å². The van der Waals surface area contributed by atoms with Gasteiger partial charge in [0.2, 0.25) is 11.8 Å². The SMILES string of the molecule is Cc1c(C(C)NC(=O)CNC(=O)[C@@H](N)C(C)C)cnn1C.Cl. The number of carbonyl (C=O) groups excluding carboxylic acids is 2. The first-order valence-electron chi connectivity index (χ1n) is 7.05. The normalized spacial score (nSPS) is 13.2. The van der Waals surface area contributed by atoms with Crippen LogP contribution in [0.3, 0.4) is 0 Å². The molecule has 2 amide bonds. The zero-order valence-corrected chi connectivity index (χ0v) is 14.5. The molecule has 2 atom stereocenters. The lowest BCUT2D eigenvalue weighted by molar-refractivity contribution is -0.127. The minimum absolute atomic E-state index is 0. The Labute approximate surface area is 137 Å². The molecule has 4 N–H and O–H groups in total. The Bertz CT molecular complexity index is 515. The van der Waals surface area contributed by atoms with Crippen LogP contribution in [0, 0.1) is 12.8 Å². The molecule has 1 unspecified atom stereocenters. The molecule has 0 fully saturated rings. The average molecular weight is 332 g/mol. The quantitative estimate of drug-likeness (QED) is 0.703. The summed E-state index contributed by atoms with van der Waals surface area (Å²) in [7, 11) is 1.85.